The number of piperidine rings is 2. The Kier molecular flexibility index (Phi) is 9.63. The van der Waals surface area contributed by atoms with E-state index in [0.29, 0.717) is 44.7 Å². The minimum atomic E-state index is -0.435. The van der Waals surface area contributed by atoms with Crippen molar-refractivity contribution < 1.29 is 19.1 Å². The Morgan fingerprint density at radius 1 is 0.950 bits per heavy atom. The molecule has 216 valence electrons. The predicted molar refractivity (Wildman–Crippen MR) is 157 cm³/mol. The first-order chi connectivity index (χ1) is 19.5. The zero-order valence-corrected chi connectivity index (χ0v) is 24.0. The molecule has 1 atom stereocenters. The predicted octanol–water partition coefficient (Wildman–Crippen LogP) is 5.08. The molecule has 2 aromatic carbocycles. The maximum absolute atomic E-state index is 13.5. The molecule has 0 aromatic heterocycles. The molecule has 7 heteroatoms. The molecule has 3 heterocycles. The fraction of sp³-hybridized carbons (Fsp3) is 0.576. The van der Waals surface area contributed by atoms with E-state index in [4.69, 9.17) is 9.47 Å². The van der Waals surface area contributed by atoms with Crippen molar-refractivity contribution in [1.82, 2.24) is 15.1 Å². The lowest BCUT2D eigenvalue weighted by Crippen LogP contribution is -2.52. The third-order valence-electron chi connectivity index (χ3n) is 8.91. The summed E-state index contributed by atoms with van der Waals surface area (Å²) in [6, 6.07) is 15.7. The normalized spacial score (nSPS) is 22.3. The van der Waals surface area contributed by atoms with Gasteiger partial charge in [-0.2, -0.15) is 0 Å². The second kappa shape index (κ2) is 13.5. The Bertz CT molecular complexity index is 1120. The van der Waals surface area contributed by atoms with E-state index >= 15 is 0 Å². The van der Waals surface area contributed by atoms with Crippen LogP contribution >= 0.6 is 0 Å². The molecule has 1 N–H and O–H groups in total. The summed E-state index contributed by atoms with van der Waals surface area (Å²) in [4.78, 5) is 31.2. The number of hydrogen-bond donors (Lipinski definition) is 1. The van der Waals surface area contributed by atoms with Crippen molar-refractivity contribution in [3.8, 4) is 11.5 Å². The van der Waals surface area contributed by atoms with Crippen LogP contribution in [0.3, 0.4) is 0 Å². The van der Waals surface area contributed by atoms with E-state index in [1.54, 1.807) is 0 Å². The summed E-state index contributed by atoms with van der Waals surface area (Å²) in [5.74, 6) is 1.86. The molecule has 5 rings (SSSR count). The molecule has 0 aliphatic carbocycles. The highest BCUT2D eigenvalue weighted by Crippen LogP contribution is 2.38. The number of ether oxygens (including phenoxy) is 2. The molecular formula is C33H45N3O4. The molecular weight excluding hydrogens is 502 g/mol. The molecule has 2 amide bonds. The third-order valence-corrected chi connectivity index (χ3v) is 8.91. The van der Waals surface area contributed by atoms with Gasteiger partial charge in [-0.3, -0.25) is 14.5 Å². The number of aryl methyl sites for hydroxylation is 1. The number of likely N-dealkylation sites (tertiary alicyclic amines) is 2. The van der Waals surface area contributed by atoms with Crippen molar-refractivity contribution >= 4 is 11.8 Å². The molecule has 2 fully saturated rings. The van der Waals surface area contributed by atoms with Gasteiger partial charge in [0, 0.05) is 25.2 Å². The Morgan fingerprint density at radius 2 is 1.70 bits per heavy atom. The molecule has 0 bridgehead atoms. The largest absolute Gasteiger partial charge is 0.492 e. The standard InChI is InChI=1S/C33H45N3O4/c1-26-25-40-30-11-4-3-9-27(30)10-5-6-16-33(32(38)34-26)17-21-36(22-18-33)31(37)28-12-14-29(15-13-28)39-24-23-35-19-7-2-8-20-35/h3-4,9,11-15,26H,2,5-8,10,16-25H2,1H3,(H,34,38)/t26-/m1/s1. The van der Waals surface area contributed by atoms with Gasteiger partial charge in [0.05, 0.1) is 11.5 Å². The third kappa shape index (κ3) is 7.17. The van der Waals surface area contributed by atoms with Crippen LogP contribution in [0.2, 0.25) is 0 Å². The zero-order valence-electron chi connectivity index (χ0n) is 24.0. The molecule has 3 aliphatic rings. The number of fused-ring (bicyclic) bond motifs is 1. The fourth-order valence-electron chi connectivity index (χ4n) is 6.34. The molecule has 7 nitrogen and oxygen atoms in total. The molecule has 0 unspecified atom stereocenters. The summed E-state index contributed by atoms with van der Waals surface area (Å²) in [6.45, 7) is 7.57. The number of nitrogens with zero attached hydrogens (tertiary/aromatic N) is 2. The average Bonchev–Trinajstić information content (AvgIpc) is 2.99. The summed E-state index contributed by atoms with van der Waals surface area (Å²) in [5.41, 5.74) is 1.47. The van der Waals surface area contributed by atoms with Gasteiger partial charge in [-0.25, -0.2) is 0 Å². The average molecular weight is 548 g/mol. The maximum atomic E-state index is 13.5. The van der Waals surface area contributed by atoms with E-state index in [-0.39, 0.29) is 17.9 Å². The first kappa shape index (κ1) is 28.5. The van der Waals surface area contributed by atoms with Crippen LogP contribution in [0.4, 0.5) is 0 Å². The summed E-state index contributed by atoms with van der Waals surface area (Å²) in [5, 5.41) is 3.22. The molecule has 2 saturated heterocycles. The molecule has 1 spiro atoms. The van der Waals surface area contributed by atoms with Crippen LogP contribution in [0.1, 0.15) is 74.2 Å². The van der Waals surface area contributed by atoms with Gasteiger partial charge in [0.15, 0.2) is 0 Å². The van der Waals surface area contributed by atoms with Gasteiger partial charge >= 0.3 is 0 Å². The van der Waals surface area contributed by atoms with Gasteiger partial charge in [-0.15, -0.1) is 0 Å². The van der Waals surface area contributed by atoms with Crippen LogP contribution in [-0.2, 0) is 11.2 Å². The Hall–Kier alpha value is -3.06. The second-order valence-electron chi connectivity index (χ2n) is 11.8. The van der Waals surface area contributed by atoms with Crippen LogP contribution in [0.15, 0.2) is 48.5 Å². The summed E-state index contributed by atoms with van der Waals surface area (Å²) in [7, 11) is 0. The molecule has 0 radical (unpaired) electrons. The quantitative estimate of drug-likeness (QED) is 0.565. The number of amides is 2. The highest BCUT2D eigenvalue weighted by atomic mass is 16.5. The second-order valence-corrected chi connectivity index (χ2v) is 11.8. The van der Waals surface area contributed by atoms with E-state index in [2.05, 4.69) is 22.3 Å². The number of carbonyl (C=O) groups is 2. The van der Waals surface area contributed by atoms with Crippen molar-refractivity contribution in [1.29, 1.82) is 0 Å². The van der Waals surface area contributed by atoms with Crippen molar-refractivity contribution in [2.75, 3.05) is 45.9 Å². The van der Waals surface area contributed by atoms with E-state index in [1.165, 1.54) is 24.8 Å². The van der Waals surface area contributed by atoms with Gasteiger partial charge in [-0.05, 0) is 101 Å². The van der Waals surface area contributed by atoms with Crippen molar-refractivity contribution in [2.24, 2.45) is 5.41 Å². The van der Waals surface area contributed by atoms with Crippen molar-refractivity contribution in [3.63, 3.8) is 0 Å². The summed E-state index contributed by atoms with van der Waals surface area (Å²) in [6.07, 6.45) is 9.06. The molecule has 0 saturated carbocycles. The topological polar surface area (TPSA) is 71.1 Å². The lowest BCUT2D eigenvalue weighted by molar-refractivity contribution is -0.135. The van der Waals surface area contributed by atoms with Crippen molar-refractivity contribution in [3.05, 3.63) is 59.7 Å². The van der Waals surface area contributed by atoms with E-state index < -0.39 is 5.41 Å². The van der Waals surface area contributed by atoms with Crippen LogP contribution in [0.25, 0.3) is 0 Å². The van der Waals surface area contributed by atoms with Gasteiger partial charge in [0.1, 0.15) is 24.7 Å². The van der Waals surface area contributed by atoms with Crippen LogP contribution in [-0.4, -0.2) is 73.6 Å². The van der Waals surface area contributed by atoms with Crippen molar-refractivity contribution in [2.45, 2.75) is 70.8 Å². The minimum Gasteiger partial charge on any atom is -0.492 e. The van der Waals surface area contributed by atoms with Gasteiger partial charge < -0.3 is 19.7 Å². The van der Waals surface area contributed by atoms with E-state index in [1.807, 2.05) is 48.2 Å². The van der Waals surface area contributed by atoms with Gasteiger partial charge in [0.25, 0.3) is 5.91 Å². The molecule has 2 aromatic rings. The number of hydrogen-bond acceptors (Lipinski definition) is 5. The number of rotatable bonds is 5. The van der Waals surface area contributed by atoms with Crippen LogP contribution in [0.5, 0.6) is 11.5 Å². The maximum Gasteiger partial charge on any atom is 0.253 e. The van der Waals surface area contributed by atoms with Crippen LogP contribution < -0.4 is 14.8 Å². The smallest absolute Gasteiger partial charge is 0.253 e. The number of benzene rings is 2. The molecule has 3 aliphatic heterocycles. The van der Waals surface area contributed by atoms with Gasteiger partial charge in [-0.1, -0.05) is 31.0 Å². The monoisotopic (exact) mass is 547 g/mol. The van der Waals surface area contributed by atoms with Gasteiger partial charge in [0.2, 0.25) is 5.91 Å². The Labute approximate surface area is 239 Å². The first-order valence-electron chi connectivity index (χ1n) is 15.3. The number of carbonyl (C=O) groups excluding carboxylic acids is 2. The Morgan fingerprint density at radius 3 is 2.48 bits per heavy atom. The minimum absolute atomic E-state index is 0.0293. The fourth-order valence-corrected chi connectivity index (χ4v) is 6.34. The molecule has 40 heavy (non-hydrogen) atoms. The lowest BCUT2D eigenvalue weighted by Gasteiger charge is -2.41. The van der Waals surface area contributed by atoms with E-state index in [9.17, 15) is 9.59 Å². The van der Waals surface area contributed by atoms with E-state index in [0.717, 1.165) is 56.8 Å². The summed E-state index contributed by atoms with van der Waals surface area (Å²) >= 11 is 0. The lowest BCUT2D eigenvalue weighted by atomic mass is 9.73. The number of para-hydroxylation sites is 1. The van der Waals surface area contributed by atoms with Crippen LogP contribution in [0, 0.1) is 5.41 Å². The zero-order chi connectivity index (χ0) is 27.8. The number of nitrogens with one attached hydrogen (secondary N) is 1. The SMILES string of the molecule is C[C@@H]1COc2ccccc2CCCCC2(CCN(C(=O)c3ccc(OCCN4CCCCC4)cc3)CC2)C(=O)N1. The summed E-state index contributed by atoms with van der Waals surface area (Å²) < 4.78 is 12.0. The highest BCUT2D eigenvalue weighted by molar-refractivity contribution is 5.94. The highest BCUT2D eigenvalue weighted by Gasteiger charge is 2.42. The first-order valence-corrected chi connectivity index (χ1v) is 15.3. The Balaban J connectivity index is 1.14.